The first-order valence-electron chi connectivity index (χ1n) is 6.80. The maximum Gasteiger partial charge on any atom is 0.118 e. The molecule has 19 heavy (non-hydrogen) atoms. The lowest BCUT2D eigenvalue weighted by atomic mass is 10.0. The first-order chi connectivity index (χ1) is 9.36. The number of benzene rings is 1. The SMILES string of the molecule is COc1ccc(/C=C2\CCCC2=C2C=CC=C2)cc1. The fraction of sp³-hybridized carbons (Fsp3) is 0.222. The fourth-order valence-electron chi connectivity index (χ4n) is 2.73. The number of methoxy groups -OCH3 is 1. The van der Waals surface area contributed by atoms with Crippen molar-refractivity contribution in [3.8, 4) is 5.75 Å². The Morgan fingerprint density at radius 2 is 1.74 bits per heavy atom. The highest BCUT2D eigenvalue weighted by atomic mass is 16.5. The van der Waals surface area contributed by atoms with Crippen LogP contribution in [0.2, 0.25) is 0 Å². The number of hydrogen-bond donors (Lipinski definition) is 0. The largest absolute Gasteiger partial charge is 0.497 e. The van der Waals surface area contributed by atoms with Crippen LogP contribution in [0.5, 0.6) is 5.75 Å². The van der Waals surface area contributed by atoms with Crippen molar-refractivity contribution >= 4 is 6.08 Å². The molecule has 0 N–H and O–H groups in total. The van der Waals surface area contributed by atoms with Crippen molar-refractivity contribution in [3.05, 3.63) is 70.9 Å². The van der Waals surface area contributed by atoms with E-state index in [4.69, 9.17) is 4.74 Å². The van der Waals surface area contributed by atoms with Crippen LogP contribution in [0.1, 0.15) is 24.8 Å². The van der Waals surface area contributed by atoms with Gasteiger partial charge in [-0.05, 0) is 53.7 Å². The van der Waals surface area contributed by atoms with E-state index < -0.39 is 0 Å². The normalized spacial score (nSPS) is 19.7. The van der Waals surface area contributed by atoms with Crippen LogP contribution in [0, 0.1) is 0 Å². The van der Waals surface area contributed by atoms with Gasteiger partial charge < -0.3 is 4.74 Å². The van der Waals surface area contributed by atoms with Crippen LogP contribution in [0.15, 0.2) is 65.3 Å². The summed E-state index contributed by atoms with van der Waals surface area (Å²) in [6, 6.07) is 8.27. The summed E-state index contributed by atoms with van der Waals surface area (Å²) >= 11 is 0. The molecule has 1 aromatic rings. The molecule has 0 radical (unpaired) electrons. The van der Waals surface area contributed by atoms with Gasteiger partial charge in [-0.15, -0.1) is 0 Å². The summed E-state index contributed by atoms with van der Waals surface area (Å²) < 4.78 is 5.19. The van der Waals surface area contributed by atoms with Crippen LogP contribution in [-0.2, 0) is 0 Å². The maximum atomic E-state index is 5.19. The monoisotopic (exact) mass is 250 g/mol. The van der Waals surface area contributed by atoms with E-state index in [1.807, 2.05) is 12.1 Å². The molecule has 1 nitrogen and oxygen atoms in total. The van der Waals surface area contributed by atoms with Gasteiger partial charge in [-0.1, -0.05) is 42.5 Å². The van der Waals surface area contributed by atoms with E-state index in [2.05, 4.69) is 42.5 Å². The highest BCUT2D eigenvalue weighted by molar-refractivity contribution is 5.63. The molecule has 0 unspecified atom stereocenters. The molecular weight excluding hydrogens is 232 g/mol. The smallest absolute Gasteiger partial charge is 0.118 e. The van der Waals surface area contributed by atoms with Gasteiger partial charge in [0.2, 0.25) is 0 Å². The van der Waals surface area contributed by atoms with E-state index >= 15 is 0 Å². The van der Waals surface area contributed by atoms with Crippen molar-refractivity contribution in [2.45, 2.75) is 19.3 Å². The summed E-state index contributed by atoms with van der Waals surface area (Å²) in [4.78, 5) is 0. The Hall–Kier alpha value is -2.02. The molecule has 0 amide bonds. The summed E-state index contributed by atoms with van der Waals surface area (Å²) in [5.74, 6) is 0.911. The quantitative estimate of drug-likeness (QED) is 0.740. The van der Waals surface area contributed by atoms with Gasteiger partial charge >= 0.3 is 0 Å². The molecule has 0 saturated heterocycles. The van der Waals surface area contributed by atoms with Crippen molar-refractivity contribution in [1.29, 1.82) is 0 Å². The van der Waals surface area contributed by atoms with E-state index in [1.165, 1.54) is 41.5 Å². The maximum absolute atomic E-state index is 5.19. The summed E-state index contributed by atoms with van der Waals surface area (Å²) in [5, 5.41) is 0. The highest BCUT2D eigenvalue weighted by Crippen LogP contribution is 2.36. The second-order valence-electron chi connectivity index (χ2n) is 4.95. The summed E-state index contributed by atoms with van der Waals surface area (Å²) in [6.45, 7) is 0. The predicted molar refractivity (Wildman–Crippen MR) is 80.1 cm³/mol. The van der Waals surface area contributed by atoms with Crippen LogP contribution in [0.4, 0.5) is 0 Å². The molecular formula is C18H18O. The van der Waals surface area contributed by atoms with Crippen molar-refractivity contribution in [2.24, 2.45) is 0 Å². The fourth-order valence-corrected chi connectivity index (χ4v) is 2.73. The second kappa shape index (κ2) is 5.31. The molecule has 2 aliphatic carbocycles. The lowest BCUT2D eigenvalue weighted by Crippen LogP contribution is -1.85. The molecule has 1 aromatic carbocycles. The first-order valence-corrected chi connectivity index (χ1v) is 6.80. The van der Waals surface area contributed by atoms with Crippen molar-refractivity contribution < 1.29 is 4.74 Å². The number of hydrogen-bond acceptors (Lipinski definition) is 1. The third kappa shape index (κ3) is 2.55. The second-order valence-corrected chi connectivity index (χ2v) is 4.95. The molecule has 0 aromatic heterocycles. The van der Waals surface area contributed by atoms with Crippen LogP contribution in [0.25, 0.3) is 6.08 Å². The standard InChI is InChI=1S/C18H18O/c1-19-17-11-9-14(10-12-17)13-16-7-4-8-18(16)15-5-2-3-6-15/h2-3,5-6,9-13H,4,7-8H2,1H3/b16-13+. The molecule has 0 heterocycles. The van der Waals surface area contributed by atoms with Gasteiger partial charge in [-0.2, -0.15) is 0 Å². The summed E-state index contributed by atoms with van der Waals surface area (Å²) in [7, 11) is 1.70. The van der Waals surface area contributed by atoms with Gasteiger partial charge in [-0.25, -0.2) is 0 Å². The van der Waals surface area contributed by atoms with E-state index in [-0.39, 0.29) is 0 Å². The third-order valence-electron chi connectivity index (χ3n) is 3.73. The Kier molecular flexibility index (Phi) is 3.37. The van der Waals surface area contributed by atoms with Crippen molar-refractivity contribution in [1.82, 2.24) is 0 Å². The van der Waals surface area contributed by atoms with E-state index in [9.17, 15) is 0 Å². The van der Waals surface area contributed by atoms with Crippen LogP contribution in [0.3, 0.4) is 0 Å². The molecule has 0 bridgehead atoms. The minimum Gasteiger partial charge on any atom is -0.497 e. The zero-order chi connectivity index (χ0) is 13.1. The Morgan fingerprint density at radius 3 is 2.42 bits per heavy atom. The summed E-state index contributed by atoms with van der Waals surface area (Å²) in [5.41, 5.74) is 5.64. The Morgan fingerprint density at radius 1 is 1.00 bits per heavy atom. The number of rotatable bonds is 2. The van der Waals surface area contributed by atoms with Crippen LogP contribution in [-0.4, -0.2) is 7.11 Å². The van der Waals surface area contributed by atoms with Gasteiger partial charge in [0.15, 0.2) is 0 Å². The molecule has 0 atom stereocenters. The Balaban J connectivity index is 1.91. The average molecular weight is 250 g/mol. The number of ether oxygens (including phenoxy) is 1. The van der Waals surface area contributed by atoms with E-state index in [0.717, 1.165) is 5.75 Å². The van der Waals surface area contributed by atoms with E-state index in [0.29, 0.717) is 0 Å². The zero-order valence-electron chi connectivity index (χ0n) is 11.2. The highest BCUT2D eigenvalue weighted by Gasteiger charge is 2.16. The Bertz CT molecular complexity index is 569. The van der Waals surface area contributed by atoms with Gasteiger partial charge in [-0.3, -0.25) is 0 Å². The molecule has 2 aliphatic rings. The van der Waals surface area contributed by atoms with Crippen LogP contribution < -0.4 is 4.74 Å². The molecule has 0 aliphatic heterocycles. The molecule has 1 saturated carbocycles. The molecule has 96 valence electrons. The third-order valence-corrected chi connectivity index (χ3v) is 3.73. The number of allylic oxidation sites excluding steroid dienone is 7. The van der Waals surface area contributed by atoms with Gasteiger partial charge in [0.05, 0.1) is 7.11 Å². The Labute approximate surface area is 114 Å². The molecule has 1 heteroatoms. The average Bonchev–Trinajstić information content (AvgIpc) is 3.10. The minimum atomic E-state index is 0.911. The topological polar surface area (TPSA) is 9.23 Å². The van der Waals surface area contributed by atoms with Crippen molar-refractivity contribution in [3.63, 3.8) is 0 Å². The van der Waals surface area contributed by atoms with Gasteiger partial charge in [0, 0.05) is 0 Å². The summed E-state index contributed by atoms with van der Waals surface area (Å²) in [6.07, 6.45) is 14.6. The first kappa shape index (κ1) is 12.0. The zero-order valence-corrected chi connectivity index (χ0v) is 11.2. The van der Waals surface area contributed by atoms with Crippen molar-refractivity contribution in [2.75, 3.05) is 7.11 Å². The molecule has 3 rings (SSSR count). The van der Waals surface area contributed by atoms with Crippen LogP contribution >= 0.6 is 0 Å². The lowest BCUT2D eigenvalue weighted by molar-refractivity contribution is 0.415. The van der Waals surface area contributed by atoms with E-state index in [1.54, 1.807) is 7.11 Å². The lowest BCUT2D eigenvalue weighted by Gasteiger charge is -2.05. The molecule has 0 spiro atoms. The minimum absolute atomic E-state index is 0.911. The van der Waals surface area contributed by atoms with Gasteiger partial charge in [0.25, 0.3) is 0 Å². The van der Waals surface area contributed by atoms with Gasteiger partial charge in [0.1, 0.15) is 5.75 Å². The predicted octanol–water partition coefficient (Wildman–Crippen LogP) is 4.69. The molecule has 1 fully saturated rings.